The van der Waals surface area contributed by atoms with E-state index in [0.29, 0.717) is 11.2 Å². The van der Waals surface area contributed by atoms with Gasteiger partial charge in [-0.1, -0.05) is 23.7 Å². The highest BCUT2D eigenvalue weighted by Gasteiger charge is 2.25. The van der Waals surface area contributed by atoms with Crippen molar-refractivity contribution >= 4 is 51.9 Å². The Balaban J connectivity index is 1.75. The summed E-state index contributed by atoms with van der Waals surface area (Å²) in [5, 5.41) is 22.0. The number of anilines is 1. The smallest absolute Gasteiger partial charge is 0.412 e. The number of fused-ring (bicyclic) bond motifs is 1. The average Bonchev–Trinajstić information content (AvgIpc) is 3.22. The van der Waals surface area contributed by atoms with Crippen molar-refractivity contribution < 1.29 is 28.6 Å². The van der Waals surface area contributed by atoms with Gasteiger partial charge in [0, 0.05) is 17.8 Å². The summed E-state index contributed by atoms with van der Waals surface area (Å²) in [5.41, 5.74) is 0.150. The minimum atomic E-state index is -0.740. The first-order valence-corrected chi connectivity index (χ1v) is 12.6. The van der Waals surface area contributed by atoms with Crippen LogP contribution in [0.25, 0.3) is 10.9 Å². The van der Waals surface area contributed by atoms with Gasteiger partial charge in [0.1, 0.15) is 18.0 Å². The summed E-state index contributed by atoms with van der Waals surface area (Å²) in [6, 6.07) is 8.22. The van der Waals surface area contributed by atoms with E-state index in [4.69, 9.17) is 16.3 Å². The lowest BCUT2D eigenvalue weighted by Gasteiger charge is -2.27. The zero-order chi connectivity index (χ0) is 29.6. The van der Waals surface area contributed by atoms with Crippen LogP contribution in [-0.2, 0) is 27.4 Å². The third-order valence-electron chi connectivity index (χ3n) is 5.69. The molecule has 3 rings (SSSR count). The van der Waals surface area contributed by atoms with Crippen molar-refractivity contribution in [2.45, 2.75) is 52.4 Å². The molecule has 0 saturated heterocycles. The molecule has 214 valence electrons. The van der Waals surface area contributed by atoms with E-state index in [1.807, 2.05) is 0 Å². The molecular formula is C26H30ClFN6O6. The maximum atomic E-state index is 14.1. The largest absolute Gasteiger partial charge is 0.444 e. The molecule has 3 aromatic rings. The molecule has 0 aliphatic heterocycles. The topological polar surface area (TPSA) is 155 Å². The zero-order valence-corrected chi connectivity index (χ0v) is 23.2. The molecule has 0 bridgehead atoms. The highest BCUT2D eigenvalue weighted by Crippen LogP contribution is 2.28. The van der Waals surface area contributed by atoms with Gasteiger partial charge in [0.05, 0.1) is 35.1 Å². The van der Waals surface area contributed by atoms with Crippen LogP contribution in [0.4, 0.5) is 20.7 Å². The molecule has 40 heavy (non-hydrogen) atoms. The summed E-state index contributed by atoms with van der Waals surface area (Å²) in [6.45, 7) is 5.31. The second kappa shape index (κ2) is 12.8. The number of nitrogens with zero attached hydrogens (tertiary/aromatic N) is 4. The van der Waals surface area contributed by atoms with Gasteiger partial charge in [-0.05, 0) is 57.1 Å². The van der Waals surface area contributed by atoms with Crippen molar-refractivity contribution in [3.63, 3.8) is 0 Å². The van der Waals surface area contributed by atoms with Gasteiger partial charge in [-0.3, -0.25) is 19.6 Å². The molecule has 0 aliphatic rings. The van der Waals surface area contributed by atoms with Crippen LogP contribution < -0.4 is 10.6 Å². The number of halogens is 2. The van der Waals surface area contributed by atoms with E-state index in [1.165, 1.54) is 22.9 Å². The number of carbonyl (C=O) groups excluding carboxylic acids is 3. The van der Waals surface area contributed by atoms with Crippen LogP contribution in [0.1, 0.15) is 33.3 Å². The van der Waals surface area contributed by atoms with Gasteiger partial charge < -0.3 is 20.1 Å². The molecule has 1 atom stereocenters. The van der Waals surface area contributed by atoms with Gasteiger partial charge >= 0.3 is 6.09 Å². The monoisotopic (exact) mass is 576 g/mol. The predicted octanol–water partition coefficient (Wildman–Crippen LogP) is 4.10. The van der Waals surface area contributed by atoms with Crippen molar-refractivity contribution in [1.82, 2.24) is 20.0 Å². The number of rotatable bonds is 10. The predicted molar refractivity (Wildman–Crippen MR) is 147 cm³/mol. The lowest BCUT2D eigenvalue weighted by molar-refractivity contribution is -0.139. The lowest BCUT2D eigenvalue weighted by atomic mass is 10.2. The quantitative estimate of drug-likeness (QED) is 0.307. The summed E-state index contributed by atoms with van der Waals surface area (Å²) < 4.78 is 20.6. The Kier molecular flexibility index (Phi) is 9.77. The summed E-state index contributed by atoms with van der Waals surface area (Å²) >= 11 is 5.77. The molecule has 0 radical (unpaired) electrons. The molecule has 3 amide bonds. The van der Waals surface area contributed by atoms with Crippen LogP contribution >= 0.6 is 11.6 Å². The molecule has 0 fully saturated rings. The second-order valence-electron chi connectivity index (χ2n) is 9.97. The normalized spacial score (nSPS) is 12.1. The Bertz CT molecular complexity index is 1420. The Morgan fingerprint density at radius 2 is 1.98 bits per heavy atom. The number of aliphatic hydroxyl groups excluding tert-OH is 1. The number of nitroso groups, excluding NO2 is 1. The number of aromatic nitrogens is 2. The van der Waals surface area contributed by atoms with E-state index in [0.717, 1.165) is 4.90 Å². The van der Waals surface area contributed by atoms with E-state index in [2.05, 4.69) is 20.9 Å². The summed E-state index contributed by atoms with van der Waals surface area (Å²) in [4.78, 5) is 50.5. The standard InChI is InChI=1S/C26H30ClFN6O6/c1-15(14-35)33(12-21(36)29-11-16-6-5-7-19(27)23(16)28)22(37)13-34-20-9-8-17(10-18(20)24(31-34)32-39)30-25(38)40-26(2,3)4/h5-10,15,35H,11-14H2,1-4H3,(H,29,36)(H,30,38)/t15-/m1/s1. The van der Waals surface area contributed by atoms with Crippen LogP contribution in [0, 0.1) is 10.7 Å². The fraction of sp³-hybridized carbons (Fsp3) is 0.385. The molecule has 1 aromatic heterocycles. The number of hydrogen-bond donors (Lipinski definition) is 3. The van der Waals surface area contributed by atoms with Crippen LogP contribution in [0.3, 0.4) is 0 Å². The van der Waals surface area contributed by atoms with E-state index < -0.39 is 48.5 Å². The third-order valence-corrected chi connectivity index (χ3v) is 5.98. The van der Waals surface area contributed by atoms with E-state index >= 15 is 0 Å². The van der Waals surface area contributed by atoms with Gasteiger partial charge in [0.25, 0.3) is 0 Å². The Morgan fingerprint density at radius 3 is 2.62 bits per heavy atom. The van der Waals surface area contributed by atoms with Crippen LogP contribution in [0.15, 0.2) is 41.6 Å². The molecule has 1 heterocycles. The van der Waals surface area contributed by atoms with Crippen LogP contribution in [0.2, 0.25) is 5.02 Å². The third kappa shape index (κ3) is 7.73. The fourth-order valence-corrected chi connectivity index (χ4v) is 3.94. The number of carbonyl (C=O) groups is 3. The van der Waals surface area contributed by atoms with Crippen LogP contribution in [-0.4, -0.2) is 62.5 Å². The fourth-order valence-electron chi connectivity index (χ4n) is 3.75. The number of hydrogen-bond acceptors (Lipinski definition) is 8. The summed E-state index contributed by atoms with van der Waals surface area (Å²) in [6.07, 6.45) is -0.694. The molecular weight excluding hydrogens is 547 g/mol. The zero-order valence-electron chi connectivity index (χ0n) is 22.4. The van der Waals surface area contributed by atoms with Gasteiger partial charge in [-0.2, -0.15) is 0 Å². The summed E-state index contributed by atoms with van der Waals surface area (Å²) in [7, 11) is 0. The average molecular weight is 577 g/mol. The Morgan fingerprint density at radius 1 is 1.25 bits per heavy atom. The molecule has 0 unspecified atom stereocenters. The second-order valence-corrected chi connectivity index (χ2v) is 10.4. The minimum absolute atomic E-state index is 0.0826. The van der Waals surface area contributed by atoms with Crippen molar-refractivity contribution in [1.29, 1.82) is 0 Å². The van der Waals surface area contributed by atoms with E-state index in [1.54, 1.807) is 45.9 Å². The van der Waals surface area contributed by atoms with Gasteiger partial charge in [0.2, 0.25) is 17.6 Å². The van der Waals surface area contributed by atoms with Gasteiger partial charge in [0.15, 0.2) is 0 Å². The first-order valence-electron chi connectivity index (χ1n) is 12.3. The number of aliphatic hydroxyl groups is 1. The molecule has 0 aliphatic carbocycles. The Hall–Kier alpha value is -4.10. The minimum Gasteiger partial charge on any atom is -0.444 e. The van der Waals surface area contributed by atoms with E-state index in [-0.39, 0.29) is 34.9 Å². The number of amides is 3. The highest BCUT2D eigenvalue weighted by atomic mass is 35.5. The van der Waals surface area contributed by atoms with Crippen LogP contribution in [0.5, 0.6) is 0 Å². The van der Waals surface area contributed by atoms with Gasteiger partial charge in [-0.15, -0.1) is 10.0 Å². The van der Waals surface area contributed by atoms with Crippen molar-refractivity contribution in [3.8, 4) is 0 Å². The maximum absolute atomic E-state index is 14.1. The maximum Gasteiger partial charge on any atom is 0.412 e. The lowest BCUT2D eigenvalue weighted by Crippen LogP contribution is -2.47. The molecule has 0 saturated carbocycles. The molecule has 3 N–H and O–H groups in total. The van der Waals surface area contributed by atoms with Crippen molar-refractivity contribution in [2.24, 2.45) is 5.18 Å². The van der Waals surface area contributed by atoms with Gasteiger partial charge in [-0.25, -0.2) is 9.18 Å². The molecule has 2 aromatic carbocycles. The number of ether oxygens (including phenoxy) is 1. The molecule has 0 spiro atoms. The SMILES string of the molecule is C[C@H](CO)N(CC(=O)NCc1cccc(Cl)c1F)C(=O)Cn1nc(N=O)c2cc(NC(=O)OC(C)(C)C)ccc21. The first kappa shape index (κ1) is 30.4. The highest BCUT2D eigenvalue weighted by molar-refractivity contribution is 6.30. The molecule has 12 nitrogen and oxygen atoms in total. The number of benzene rings is 2. The summed E-state index contributed by atoms with van der Waals surface area (Å²) in [5.74, 6) is -2.04. The molecule has 14 heteroatoms. The Labute approximate surface area is 234 Å². The number of nitrogens with one attached hydrogen (secondary N) is 2. The van der Waals surface area contributed by atoms with E-state index in [9.17, 15) is 28.8 Å². The first-order chi connectivity index (χ1) is 18.8. The van der Waals surface area contributed by atoms with Crippen molar-refractivity contribution in [3.05, 3.63) is 57.7 Å². The van der Waals surface area contributed by atoms with Crippen molar-refractivity contribution in [2.75, 3.05) is 18.5 Å².